The fraction of sp³-hybridized carbons (Fsp3) is 0.500. The van der Waals surface area contributed by atoms with E-state index >= 15 is 0 Å². The molecule has 0 radical (unpaired) electrons. The Labute approximate surface area is 110 Å². The van der Waals surface area contributed by atoms with Gasteiger partial charge in [0.15, 0.2) is 11.5 Å². The molecule has 5 heteroatoms. The Kier molecular flexibility index (Phi) is 3.25. The van der Waals surface area contributed by atoms with Gasteiger partial charge in [0.05, 0.1) is 0 Å². The van der Waals surface area contributed by atoms with E-state index in [1.165, 1.54) is 25.0 Å². The highest BCUT2D eigenvalue weighted by Crippen LogP contribution is 2.27. The molecule has 1 atom stereocenters. The molecule has 0 aliphatic carbocycles. The third-order valence-electron chi connectivity index (χ3n) is 3.03. The van der Waals surface area contributed by atoms with Crippen LogP contribution in [0, 0.1) is 0 Å². The van der Waals surface area contributed by atoms with E-state index in [9.17, 15) is 0 Å². The molecule has 0 saturated carbocycles. The van der Waals surface area contributed by atoms with Gasteiger partial charge < -0.3 is 0 Å². The highest BCUT2D eigenvalue weighted by molar-refractivity contribution is 7.99. The van der Waals surface area contributed by atoms with E-state index in [0.29, 0.717) is 10.3 Å². The summed E-state index contributed by atoms with van der Waals surface area (Å²) in [4.78, 5) is 4.52. The molecule has 0 bridgehead atoms. The van der Waals surface area contributed by atoms with Crippen LogP contribution in [0.15, 0.2) is 18.3 Å². The molecule has 3 nitrogen and oxygen atoms in total. The molecule has 3 rings (SSSR count). The van der Waals surface area contributed by atoms with Crippen LogP contribution in [0.3, 0.4) is 0 Å². The normalized spacial score (nSPS) is 20.9. The minimum Gasteiger partial charge on any atom is -0.221 e. The largest absolute Gasteiger partial charge is 0.221 e. The third-order valence-corrected chi connectivity index (χ3v) is 4.66. The number of hydrogen-bond acceptors (Lipinski definition) is 3. The Hall–Kier alpha value is -0.740. The monoisotopic (exact) mass is 267 g/mol. The predicted molar refractivity (Wildman–Crippen MR) is 71.8 cm³/mol. The van der Waals surface area contributed by atoms with E-state index in [0.717, 1.165) is 17.9 Å². The highest BCUT2D eigenvalue weighted by atomic mass is 35.5. The lowest BCUT2D eigenvalue weighted by Gasteiger charge is -2.19. The molecule has 0 N–H and O–H groups in total. The summed E-state index contributed by atoms with van der Waals surface area (Å²) in [6, 6.07) is 3.69. The van der Waals surface area contributed by atoms with Gasteiger partial charge in [-0.1, -0.05) is 18.0 Å². The number of nitrogens with zero attached hydrogens (tertiary/aromatic N) is 3. The summed E-state index contributed by atoms with van der Waals surface area (Å²) in [6.45, 7) is 0. The third kappa shape index (κ3) is 2.58. The molecule has 0 aromatic carbocycles. The molecule has 1 aliphatic heterocycles. The average molecular weight is 268 g/mol. The first-order valence-electron chi connectivity index (χ1n) is 5.94. The first-order valence-corrected chi connectivity index (χ1v) is 7.36. The number of thioether (sulfide) groups is 1. The van der Waals surface area contributed by atoms with Crippen LogP contribution < -0.4 is 0 Å². The minimum atomic E-state index is 0.691. The van der Waals surface area contributed by atoms with E-state index in [-0.39, 0.29) is 0 Å². The number of pyridine rings is 1. The molecule has 1 aliphatic rings. The van der Waals surface area contributed by atoms with Crippen molar-refractivity contribution in [3.63, 3.8) is 0 Å². The average Bonchev–Trinajstić information content (AvgIpc) is 2.71. The molecule has 90 valence electrons. The van der Waals surface area contributed by atoms with Gasteiger partial charge in [-0.05, 0) is 24.7 Å². The molecule has 2 aromatic rings. The van der Waals surface area contributed by atoms with Gasteiger partial charge in [0.1, 0.15) is 0 Å². The van der Waals surface area contributed by atoms with Crippen LogP contribution in [0.2, 0.25) is 5.02 Å². The molecule has 17 heavy (non-hydrogen) atoms. The quantitative estimate of drug-likeness (QED) is 0.837. The molecule has 1 saturated heterocycles. The molecule has 1 unspecified atom stereocenters. The van der Waals surface area contributed by atoms with Gasteiger partial charge in [0.25, 0.3) is 0 Å². The summed E-state index contributed by atoms with van der Waals surface area (Å²) in [5.41, 5.74) is 0.841. The van der Waals surface area contributed by atoms with E-state index in [4.69, 9.17) is 11.6 Å². The lowest BCUT2D eigenvalue weighted by molar-refractivity contribution is 0.647. The van der Waals surface area contributed by atoms with Gasteiger partial charge in [0.2, 0.25) is 0 Å². The SMILES string of the molecule is Clc1ccn2nc(CC3CCCCS3)nc2c1. The summed E-state index contributed by atoms with van der Waals surface area (Å²) < 4.78 is 1.80. The molecule has 1 fully saturated rings. The predicted octanol–water partition coefficient (Wildman–Crippen LogP) is 3.21. The second kappa shape index (κ2) is 4.86. The Bertz CT molecular complexity index is 519. The van der Waals surface area contributed by atoms with Gasteiger partial charge in [-0.15, -0.1) is 0 Å². The van der Waals surface area contributed by atoms with Gasteiger partial charge in [-0.3, -0.25) is 0 Å². The van der Waals surface area contributed by atoms with Crippen LogP contribution in [-0.4, -0.2) is 25.6 Å². The van der Waals surface area contributed by atoms with Crippen LogP contribution in [-0.2, 0) is 6.42 Å². The second-order valence-corrected chi connectivity index (χ2v) is 6.21. The maximum absolute atomic E-state index is 5.93. The van der Waals surface area contributed by atoms with Crippen molar-refractivity contribution < 1.29 is 0 Å². The molecular formula is C12H14ClN3S. The molecule has 0 spiro atoms. The summed E-state index contributed by atoms with van der Waals surface area (Å²) in [5.74, 6) is 2.22. The number of rotatable bonds is 2. The van der Waals surface area contributed by atoms with Crippen molar-refractivity contribution in [3.8, 4) is 0 Å². The highest BCUT2D eigenvalue weighted by Gasteiger charge is 2.16. The first kappa shape index (κ1) is 11.4. The van der Waals surface area contributed by atoms with E-state index in [1.807, 2.05) is 18.3 Å². The van der Waals surface area contributed by atoms with Crippen LogP contribution >= 0.6 is 23.4 Å². The van der Waals surface area contributed by atoms with Crippen molar-refractivity contribution in [3.05, 3.63) is 29.2 Å². The summed E-state index contributed by atoms with van der Waals surface area (Å²) in [5, 5.41) is 5.88. The molecular weight excluding hydrogens is 254 g/mol. The molecule has 3 heterocycles. The van der Waals surface area contributed by atoms with Crippen LogP contribution in [0.25, 0.3) is 5.65 Å². The Balaban J connectivity index is 1.80. The zero-order valence-corrected chi connectivity index (χ0v) is 11.0. The van der Waals surface area contributed by atoms with Crippen LogP contribution in [0.5, 0.6) is 0 Å². The zero-order valence-electron chi connectivity index (χ0n) is 9.47. The van der Waals surface area contributed by atoms with E-state index < -0.39 is 0 Å². The van der Waals surface area contributed by atoms with Crippen molar-refractivity contribution in [2.45, 2.75) is 30.9 Å². The minimum absolute atomic E-state index is 0.691. The maximum atomic E-state index is 5.93. The summed E-state index contributed by atoms with van der Waals surface area (Å²) in [6.07, 6.45) is 6.83. The van der Waals surface area contributed by atoms with Gasteiger partial charge in [-0.2, -0.15) is 16.9 Å². The Morgan fingerprint density at radius 1 is 1.47 bits per heavy atom. The van der Waals surface area contributed by atoms with Crippen LogP contribution in [0.1, 0.15) is 25.1 Å². The Morgan fingerprint density at radius 2 is 2.41 bits per heavy atom. The van der Waals surface area contributed by atoms with Crippen molar-refractivity contribution in [1.29, 1.82) is 0 Å². The fourth-order valence-corrected chi connectivity index (χ4v) is 3.62. The molecule has 0 amide bonds. The number of aromatic nitrogens is 3. The smallest absolute Gasteiger partial charge is 0.157 e. The van der Waals surface area contributed by atoms with Crippen molar-refractivity contribution in [1.82, 2.24) is 14.6 Å². The lowest BCUT2D eigenvalue weighted by atomic mass is 10.1. The summed E-state index contributed by atoms with van der Waals surface area (Å²) in [7, 11) is 0. The maximum Gasteiger partial charge on any atom is 0.157 e. The zero-order chi connectivity index (χ0) is 11.7. The lowest BCUT2D eigenvalue weighted by Crippen LogP contribution is -2.13. The Morgan fingerprint density at radius 3 is 3.24 bits per heavy atom. The topological polar surface area (TPSA) is 30.2 Å². The van der Waals surface area contributed by atoms with E-state index in [1.54, 1.807) is 4.52 Å². The summed E-state index contributed by atoms with van der Waals surface area (Å²) >= 11 is 7.99. The number of fused-ring (bicyclic) bond motifs is 1. The van der Waals surface area contributed by atoms with Crippen molar-refractivity contribution >= 4 is 29.0 Å². The van der Waals surface area contributed by atoms with Gasteiger partial charge in [0, 0.05) is 29.0 Å². The standard InChI is InChI=1S/C12H14ClN3S/c13-9-4-5-16-12(7-9)14-11(15-16)8-10-3-1-2-6-17-10/h4-5,7,10H,1-3,6,8H2. The first-order chi connectivity index (χ1) is 8.31. The van der Waals surface area contributed by atoms with Crippen LogP contribution in [0.4, 0.5) is 0 Å². The number of hydrogen-bond donors (Lipinski definition) is 0. The van der Waals surface area contributed by atoms with Crippen molar-refractivity contribution in [2.24, 2.45) is 0 Å². The fourth-order valence-electron chi connectivity index (χ4n) is 2.16. The molecule has 2 aromatic heterocycles. The second-order valence-electron chi connectivity index (χ2n) is 4.37. The van der Waals surface area contributed by atoms with Gasteiger partial charge in [-0.25, -0.2) is 9.50 Å². The van der Waals surface area contributed by atoms with Gasteiger partial charge >= 0.3 is 0 Å². The van der Waals surface area contributed by atoms with Crippen molar-refractivity contribution in [2.75, 3.05) is 5.75 Å². The van der Waals surface area contributed by atoms with E-state index in [2.05, 4.69) is 21.8 Å². The number of halogens is 1.